The van der Waals surface area contributed by atoms with Crippen molar-refractivity contribution >= 4 is 0 Å². The maximum Gasteiger partial charge on any atom is 0.116 e. The highest BCUT2D eigenvalue weighted by Gasteiger charge is 1.97. The predicted molar refractivity (Wildman–Crippen MR) is 49.1 cm³/mol. The number of phenols is 1. The quantitative estimate of drug-likeness (QED) is 0.714. The van der Waals surface area contributed by atoms with Crippen LogP contribution in [-0.2, 0) is 0 Å². The Hall–Kier alpha value is -1.90. The molecule has 1 aromatic heterocycles. The Bertz CT molecular complexity index is 401. The number of nitrogens with zero attached hydrogens (tertiary/aromatic N) is 2. The van der Waals surface area contributed by atoms with Crippen LogP contribution in [0.5, 0.6) is 5.75 Å². The number of aromatic hydroxyl groups is 1. The van der Waals surface area contributed by atoms with E-state index in [-0.39, 0.29) is 5.75 Å². The first-order chi connectivity index (χ1) is 6.36. The number of phenolic OH excluding ortho intramolecular Hbond substituents is 1. The molecule has 0 atom stereocenters. The van der Waals surface area contributed by atoms with Gasteiger partial charge in [-0.1, -0.05) is 12.1 Å². The Labute approximate surface area is 75.7 Å². The summed E-state index contributed by atoms with van der Waals surface area (Å²) < 4.78 is 0. The minimum Gasteiger partial charge on any atom is -0.508 e. The van der Waals surface area contributed by atoms with Crippen LogP contribution in [0.15, 0.2) is 42.9 Å². The van der Waals surface area contributed by atoms with E-state index in [9.17, 15) is 5.11 Å². The molecule has 0 amide bonds. The molecule has 0 radical (unpaired) electrons. The van der Waals surface area contributed by atoms with Crippen molar-refractivity contribution in [3.05, 3.63) is 42.9 Å². The van der Waals surface area contributed by atoms with E-state index in [4.69, 9.17) is 0 Å². The lowest BCUT2D eigenvalue weighted by Crippen LogP contribution is -1.82. The summed E-state index contributed by atoms with van der Waals surface area (Å²) in [6.45, 7) is 0. The SMILES string of the molecule is Oc1cccc(-c2ccncn2)c1. The van der Waals surface area contributed by atoms with Gasteiger partial charge in [0, 0.05) is 11.8 Å². The number of hydrogen-bond donors (Lipinski definition) is 1. The van der Waals surface area contributed by atoms with Crippen molar-refractivity contribution in [3.8, 4) is 17.0 Å². The molecule has 64 valence electrons. The molecule has 1 N–H and O–H groups in total. The molecule has 0 aliphatic carbocycles. The zero-order valence-electron chi connectivity index (χ0n) is 6.88. The molecule has 0 aliphatic heterocycles. The smallest absolute Gasteiger partial charge is 0.116 e. The van der Waals surface area contributed by atoms with Crippen LogP contribution >= 0.6 is 0 Å². The number of benzene rings is 1. The van der Waals surface area contributed by atoms with Crippen LogP contribution in [0, 0.1) is 0 Å². The summed E-state index contributed by atoms with van der Waals surface area (Å²) >= 11 is 0. The van der Waals surface area contributed by atoms with Gasteiger partial charge in [0.25, 0.3) is 0 Å². The van der Waals surface area contributed by atoms with Gasteiger partial charge in [0.1, 0.15) is 12.1 Å². The maximum atomic E-state index is 9.23. The van der Waals surface area contributed by atoms with Gasteiger partial charge in [0.05, 0.1) is 5.69 Å². The lowest BCUT2D eigenvalue weighted by atomic mass is 10.1. The second-order valence-electron chi connectivity index (χ2n) is 2.64. The highest BCUT2D eigenvalue weighted by atomic mass is 16.3. The summed E-state index contributed by atoms with van der Waals surface area (Å²) in [5.74, 6) is 0.246. The molecule has 3 nitrogen and oxygen atoms in total. The Morgan fingerprint density at radius 3 is 2.77 bits per heavy atom. The highest BCUT2D eigenvalue weighted by Crippen LogP contribution is 2.19. The van der Waals surface area contributed by atoms with Crippen LogP contribution in [-0.4, -0.2) is 15.1 Å². The fourth-order valence-corrected chi connectivity index (χ4v) is 1.13. The number of hydrogen-bond acceptors (Lipinski definition) is 3. The first-order valence-electron chi connectivity index (χ1n) is 3.92. The average Bonchev–Trinajstić information content (AvgIpc) is 2.19. The fraction of sp³-hybridized carbons (Fsp3) is 0. The first kappa shape index (κ1) is 7.73. The van der Waals surface area contributed by atoms with Crippen LogP contribution in [0.25, 0.3) is 11.3 Å². The molecule has 0 aliphatic rings. The first-order valence-corrected chi connectivity index (χ1v) is 3.92. The van der Waals surface area contributed by atoms with Gasteiger partial charge in [-0.25, -0.2) is 9.97 Å². The summed E-state index contributed by atoms with van der Waals surface area (Å²) in [7, 11) is 0. The van der Waals surface area contributed by atoms with Gasteiger partial charge in [0.2, 0.25) is 0 Å². The third kappa shape index (κ3) is 1.64. The lowest BCUT2D eigenvalue weighted by molar-refractivity contribution is 0.475. The molecule has 0 spiro atoms. The molecule has 0 fully saturated rings. The second-order valence-corrected chi connectivity index (χ2v) is 2.64. The Balaban J connectivity index is 2.48. The van der Waals surface area contributed by atoms with Crippen molar-refractivity contribution in [3.63, 3.8) is 0 Å². The molecule has 3 heteroatoms. The third-order valence-electron chi connectivity index (χ3n) is 1.72. The molecule has 0 bridgehead atoms. The van der Waals surface area contributed by atoms with Crippen molar-refractivity contribution in [1.29, 1.82) is 0 Å². The molecule has 0 saturated carbocycles. The van der Waals surface area contributed by atoms with E-state index < -0.39 is 0 Å². The summed E-state index contributed by atoms with van der Waals surface area (Å²) in [5.41, 5.74) is 1.70. The molecule has 2 aromatic rings. The van der Waals surface area contributed by atoms with E-state index in [1.165, 1.54) is 6.33 Å². The van der Waals surface area contributed by atoms with Crippen molar-refractivity contribution in [2.75, 3.05) is 0 Å². The van der Waals surface area contributed by atoms with E-state index in [1.807, 2.05) is 6.07 Å². The van der Waals surface area contributed by atoms with E-state index in [0.29, 0.717) is 0 Å². The van der Waals surface area contributed by atoms with Gasteiger partial charge in [-0.3, -0.25) is 0 Å². The molecule has 13 heavy (non-hydrogen) atoms. The second kappa shape index (κ2) is 3.23. The van der Waals surface area contributed by atoms with Crippen LogP contribution in [0.3, 0.4) is 0 Å². The Morgan fingerprint density at radius 1 is 1.15 bits per heavy atom. The average molecular weight is 172 g/mol. The van der Waals surface area contributed by atoms with Gasteiger partial charge in [-0.15, -0.1) is 0 Å². The third-order valence-corrected chi connectivity index (χ3v) is 1.72. The Kier molecular flexibility index (Phi) is 1.92. The summed E-state index contributed by atoms with van der Waals surface area (Å²) in [6.07, 6.45) is 3.16. The minimum atomic E-state index is 0.246. The fourth-order valence-electron chi connectivity index (χ4n) is 1.13. The molecule has 2 rings (SSSR count). The van der Waals surface area contributed by atoms with Crippen LogP contribution in [0.4, 0.5) is 0 Å². The molecule has 0 saturated heterocycles. The van der Waals surface area contributed by atoms with E-state index in [1.54, 1.807) is 30.5 Å². The predicted octanol–water partition coefficient (Wildman–Crippen LogP) is 1.85. The van der Waals surface area contributed by atoms with Crippen molar-refractivity contribution in [1.82, 2.24) is 9.97 Å². The maximum absolute atomic E-state index is 9.23. The van der Waals surface area contributed by atoms with Crippen molar-refractivity contribution in [2.45, 2.75) is 0 Å². The van der Waals surface area contributed by atoms with Crippen LogP contribution < -0.4 is 0 Å². The summed E-state index contributed by atoms with van der Waals surface area (Å²) in [4.78, 5) is 7.89. The van der Waals surface area contributed by atoms with Gasteiger partial charge >= 0.3 is 0 Å². The topological polar surface area (TPSA) is 46.0 Å². The van der Waals surface area contributed by atoms with Gasteiger partial charge in [0.15, 0.2) is 0 Å². The summed E-state index contributed by atoms with van der Waals surface area (Å²) in [6, 6.07) is 8.77. The highest BCUT2D eigenvalue weighted by molar-refractivity contribution is 5.60. The standard InChI is InChI=1S/C10H8N2O/c13-9-3-1-2-8(6-9)10-4-5-11-7-12-10/h1-7,13H. The van der Waals surface area contributed by atoms with Crippen molar-refractivity contribution < 1.29 is 5.11 Å². The molecule has 0 unspecified atom stereocenters. The van der Waals surface area contributed by atoms with Gasteiger partial charge < -0.3 is 5.11 Å². The zero-order valence-corrected chi connectivity index (χ0v) is 6.88. The number of rotatable bonds is 1. The normalized spacial score (nSPS) is 9.85. The van der Waals surface area contributed by atoms with Gasteiger partial charge in [-0.2, -0.15) is 0 Å². The monoisotopic (exact) mass is 172 g/mol. The van der Waals surface area contributed by atoms with E-state index >= 15 is 0 Å². The zero-order chi connectivity index (χ0) is 9.10. The van der Waals surface area contributed by atoms with Crippen LogP contribution in [0.1, 0.15) is 0 Å². The minimum absolute atomic E-state index is 0.246. The Morgan fingerprint density at radius 2 is 2.08 bits per heavy atom. The van der Waals surface area contributed by atoms with Gasteiger partial charge in [-0.05, 0) is 18.2 Å². The number of aromatic nitrogens is 2. The molecule has 1 aromatic carbocycles. The molecule has 1 heterocycles. The largest absolute Gasteiger partial charge is 0.508 e. The lowest BCUT2D eigenvalue weighted by Gasteiger charge is -1.99. The van der Waals surface area contributed by atoms with E-state index in [2.05, 4.69) is 9.97 Å². The molecular formula is C10H8N2O. The molecular weight excluding hydrogens is 164 g/mol. The van der Waals surface area contributed by atoms with Crippen LogP contribution in [0.2, 0.25) is 0 Å². The summed E-state index contributed by atoms with van der Waals surface area (Å²) in [5, 5.41) is 9.23. The van der Waals surface area contributed by atoms with E-state index in [0.717, 1.165) is 11.3 Å². The van der Waals surface area contributed by atoms with Crippen molar-refractivity contribution in [2.24, 2.45) is 0 Å².